The SMILES string of the molecule is CCCCCC(=O)[NH][Ti+2]([CH]1c2ccccc2-c2ccccc21)[SiH](C)C.[Cl-].[Cl-]. The van der Waals surface area contributed by atoms with Crippen molar-refractivity contribution >= 4 is 12.6 Å². The second-order valence-corrected chi connectivity index (χ2v) is 20.2. The third kappa shape index (κ3) is 5.49. The van der Waals surface area contributed by atoms with Crippen molar-refractivity contribution in [3.05, 3.63) is 59.7 Å². The molecule has 0 aromatic heterocycles. The van der Waals surface area contributed by atoms with Crippen LogP contribution in [0.5, 0.6) is 0 Å². The van der Waals surface area contributed by atoms with E-state index in [9.17, 15) is 4.79 Å². The number of rotatable bonds is 7. The van der Waals surface area contributed by atoms with Gasteiger partial charge in [0.2, 0.25) is 0 Å². The van der Waals surface area contributed by atoms with Crippen LogP contribution in [-0.2, 0) is 22.2 Å². The molecule has 0 saturated heterocycles. The van der Waals surface area contributed by atoms with Crippen LogP contribution in [-0.4, -0.2) is 12.6 Å². The van der Waals surface area contributed by atoms with E-state index in [-0.39, 0.29) is 24.8 Å². The fourth-order valence-electron chi connectivity index (χ4n) is 3.80. The molecule has 1 aliphatic rings. The average molecular weight is 457 g/mol. The summed E-state index contributed by atoms with van der Waals surface area (Å²) in [5.74, 6) is 0.298. The maximum atomic E-state index is 12.6. The number of unbranched alkanes of at least 4 members (excludes halogenated alkanes) is 2. The Bertz CT molecular complexity index is 711. The van der Waals surface area contributed by atoms with Crippen LogP contribution in [0.25, 0.3) is 11.1 Å². The standard InChI is InChI=1S/C13H9.C6H13NO.C2H7Si.2ClH.Ti/c1-3-7-12-10(5-1)9-11-6-2-4-8-13(11)12;1-2-3-4-5-6(7)8;1-3-2;;;/h1-9H;2-5H2,1H3,(H2,7,8);3H,1-2H3;2*1H;/q;;;;;+3/p-3. The fourth-order valence-corrected chi connectivity index (χ4v) is 14.1. The number of hydrogen-bond donors (Lipinski definition) is 1. The van der Waals surface area contributed by atoms with Crippen molar-refractivity contribution in [3.63, 3.8) is 0 Å². The zero-order valence-corrected chi connectivity index (χ0v) is 20.5. The fraction of sp³-hybridized carbons (Fsp3) is 0.381. The molecule has 0 heterocycles. The van der Waals surface area contributed by atoms with Crippen molar-refractivity contribution in [2.24, 2.45) is 0 Å². The molecule has 1 N–H and O–H groups in total. The summed E-state index contributed by atoms with van der Waals surface area (Å²) in [6.45, 7) is 6.11. The van der Waals surface area contributed by atoms with Crippen LogP contribution in [0.4, 0.5) is 0 Å². The van der Waals surface area contributed by atoms with E-state index in [2.05, 4.69) is 72.3 Å². The summed E-state index contributed by atoms with van der Waals surface area (Å²) < 4.78 is 4.06. The normalized spacial score (nSPS) is 11.9. The summed E-state index contributed by atoms with van der Waals surface area (Å²) in [6.07, 6.45) is 4.03. The predicted octanol–water partition coefficient (Wildman–Crippen LogP) is -1.02. The van der Waals surface area contributed by atoms with Gasteiger partial charge in [0.1, 0.15) is 0 Å². The zero-order chi connectivity index (χ0) is 17.8. The summed E-state index contributed by atoms with van der Waals surface area (Å²) in [5.41, 5.74) is 5.66. The van der Waals surface area contributed by atoms with Crippen LogP contribution in [0.1, 0.15) is 48.0 Å². The first-order chi connectivity index (χ1) is 12.1. The number of nitrogens with one attached hydrogen (secondary N) is 1. The Morgan fingerprint density at radius 3 is 1.96 bits per heavy atom. The van der Waals surface area contributed by atoms with Gasteiger partial charge >= 0.3 is 159 Å². The van der Waals surface area contributed by atoms with Gasteiger partial charge in [0.25, 0.3) is 0 Å². The van der Waals surface area contributed by atoms with Crippen molar-refractivity contribution in [1.29, 1.82) is 0 Å². The number of carbonyl (C=O) groups excluding carboxylic acids is 1. The third-order valence-electron chi connectivity index (χ3n) is 5.06. The van der Waals surface area contributed by atoms with Crippen molar-refractivity contribution in [2.75, 3.05) is 0 Å². The zero-order valence-electron chi connectivity index (χ0n) is 16.3. The Morgan fingerprint density at radius 1 is 0.963 bits per heavy atom. The number of fused-ring (bicyclic) bond motifs is 3. The van der Waals surface area contributed by atoms with Gasteiger partial charge in [-0.25, -0.2) is 0 Å². The quantitative estimate of drug-likeness (QED) is 0.419. The van der Waals surface area contributed by atoms with Gasteiger partial charge in [-0.1, -0.05) is 0 Å². The third-order valence-corrected chi connectivity index (χ3v) is 16.9. The van der Waals surface area contributed by atoms with Crippen molar-refractivity contribution in [3.8, 4) is 11.1 Å². The average Bonchev–Trinajstić information content (AvgIpc) is 2.94. The Morgan fingerprint density at radius 2 is 1.48 bits per heavy atom. The maximum Gasteiger partial charge on any atom is -1.00 e. The first-order valence-corrected chi connectivity index (χ1v) is 16.8. The topological polar surface area (TPSA) is 29.1 Å². The van der Waals surface area contributed by atoms with E-state index in [1.54, 1.807) is 0 Å². The van der Waals surface area contributed by atoms with Gasteiger partial charge in [0.15, 0.2) is 0 Å². The molecule has 0 fully saturated rings. The molecule has 0 saturated carbocycles. The number of benzene rings is 2. The Hall–Kier alpha value is -0.579. The molecule has 27 heavy (non-hydrogen) atoms. The first kappa shape index (κ1) is 24.5. The Labute approximate surface area is 183 Å². The molecule has 2 nitrogen and oxygen atoms in total. The molecule has 0 radical (unpaired) electrons. The molecule has 3 rings (SSSR count). The summed E-state index contributed by atoms with van der Waals surface area (Å²) in [6, 6.07) is 17.6. The second-order valence-electron chi connectivity index (χ2n) is 7.22. The van der Waals surface area contributed by atoms with Gasteiger partial charge in [-0.05, 0) is 0 Å². The molecular weight excluding hydrogens is 429 g/mol. The molecule has 0 spiro atoms. The van der Waals surface area contributed by atoms with Crippen LogP contribution in [0, 0.1) is 0 Å². The number of hydrogen-bond acceptors (Lipinski definition) is 1. The summed E-state index contributed by atoms with van der Waals surface area (Å²) in [4.78, 5) is 12.6. The Balaban J connectivity index is 0.00000182. The predicted molar refractivity (Wildman–Crippen MR) is 105 cm³/mol. The number of amides is 1. The molecule has 0 unspecified atom stereocenters. The minimum atomic E-state index is -1.74. The minimum absolute atomic E-state index is 0. The second kappa shape index (κ2) is 11.4. The van der Waals surface area contributed by atoms with Crippen LogP contribution in [0.15, 0.2) is 48.5 Å². The van der Waals surface area contributed by atoms with Crippen LogP contribution in [0.3, 0.4) is 0 Å². The summed E-state index contributed by atoms with van der Waals surface area (Å²) in [7, 11) is 0. The number of carbonyl (C=O) groups is 1. The largest absolute Gasteiger partial charge is 1.00 e. The van der Waals surface area contributed by atoms with E-state index in [0.29, 0.717) is 16.6 Å². The van der Waals surface area contributed by atoms with Crippen molar-refractivity contribution < 1.29 is 47.0 Å². The molecule has 1 amide bonds. The molecular formula is C21H28Cl2NOSiTi. The molecule has 2 aromatic carbocycles. The number of halogens is 2. The molecule has 0 aliphatic heterocycles. The first-order valence-electron chi connectivity index (χ1n) is 9.48. The van der Waals surface area contributed by atoms with Crippen molar-refractivity contribution in [2.45, 2.75) is 49.9 Å². The van der Waals surface area contributed by atoms with Gasteiger partial charge < -0.3 is 24.8 Å². The molecule has 6 heteroatoms. The molecule has 145 valence electrons. The summed E-state index contributed by atoms with van der Waals surface area (Å²) >= 11 is -1.74. The smallest absolute Gasteiger partial charge is 1.00 e. The van der Waals surface area contributed by atoms with E-state index < -0.39 is 24.0 Å². The van der Waals surface area contributed by atoms with Crippen LogP contribution in [0.2, 0.25) is 13.1 Å². The van der Waals surface area contributed by atoms with Gasteiger partial charge in [0, 0.05) is 0 Å². The van der Waals surface area contributed by atoms with E-state index in [1.807, 2.05) is 0 Å². The van der Waals surface area contributed by atoms with E-state index >= 15 is 0 Å². The molecule has 0 bridgehead atoms. The van der Waals surface area contributed by atoms with Crippen molar-refractivity contribution in [1.82, 2.24) is 3.80 Å². The Kier molecular flexibility index (Phi) is 10.4. The molecule has 0 atom stereocenters. The van der Waals surface area contributed by atoms with E-state index in [1.165, 1.54) is 28.7 Å². The summed E-state index contributed by atoms with van der Waals surface area (Å²) in [5, 5.41) is 0. The van der Waals surface area contributed by atoms with E-state index in [0.717, 1.165) is 12.8 Å². The van der Waals surface area contributed by atoms with Gasteiger partial charge in [0.05, 0.1) is 0 Å². The minimum Gasteiger partial charge on any atom is -1.00 e. The van der Waals surface area contributed by atoms with Gasteiger partial charge in [-0.2, -0.15) is 0 Å². The molecule has 1 aliphatic carbocycles. The van der Waals surface area contributed by atoms with Crippen LogP contribution >= 0.6 is 0 Å². The monoisotopic (exact) mass is 456 g/mol. The molecule has 2 aromatic rings. The van der Waals surface area contributed by atoms with Gasteiger partial charge in [-0.3, -0.25) is 0 Å². The maximum absolute atomic E-state index is 12.6. The van der Waals surface area contributed by atoms with Gasteiger partial charge in [-0.15, -0.1) is 0 Å². The van der Waals surface area contributed by atoms with E-state index in [4.69, 9.17) is 0 Å². The van der Waals surface area contributed by atoms with Crippen LogP contribution < -0.4 is 28.6 Å².